The molecular weight excluding hydrogens is 300 g/mol. The van der Waals surface area contributed by atoms with Crippen LogP contribution < -0.4 is 5.32 Å². The van der Waals surface area contributed by atoms with E-state index < -0.39 is 0 Å². The molecule has 1 N–H and O–H groups in total. The highest BCUT2D eigenvalue weighted by atomic mass is 16.2. The van der Waals surface area contributed by atoms with E-state index in [0.717, 1.165) is 11.1 Å². The van der Waals surface area contributed by atoms with Crippen LogP contribution in [-0.4, -0.2) is 23.3 Å². The molecule has 24 heavy (non-hydrogen) atoms. The monoisotopic (exact) mass is 322 g/mol. The molecule has 0 spiro atoms. The van der Waals surface area contributed by atoms with Crippen LogP contribution in [-0.2, 0) is 22.7 Å². The third kappa shape index (κ3) is 4.02. The van der Waals surface area contributed by atoms with E-state index in [-0.39, 0.29) is 17.7 Å². The standard InChI is InChI=1S/C20H22N2O2/c1-15-7-9-17(10-8-15)13-22-14-18(11-19(22)23)20(24)21-12-16-5-3-2-4-6-16/h2-10,18H,11-14H2,1H3,(H,21,24). The van der Waals surface area contributed by atoms with Gasteiger partial charge in [0.25, 0.3) is 0 Å². The molecule has 3 rings (SSSR count). The minimum absolute atomic E-state index is 0.0430. The van der Waals surface area contributed by atoms with Crippen LogP contribution in [0.25, 0.3) is 0 Å². The van der Waals surface area contributed by atoms with Crippen molar-refractivity contribution < 1.29 is 9.59 Å². The lowest BCUT2D eigenvalue weighted by Gasteiger charge is -2.17. The molecule has 124 valence electrons. The molecule has 1 heterocycles. The van der Waals surface area contributed by atoms with Gasteiger partial charge in [-0.25, -0.2) is 0 Å². The number of amides is 2. The third-order valence-corrected chi connectivity index (χ3v) is 4.39. The predicted octanol–water partition coefficient (Wildman–Crippen LogP) is 2.66. The first-order chi connectivity index (χ1) is 11.6. The van der Waals surface area contributed by atoms with Gasteiger partial charge in [0, 0.05) is 26.1 Å². The number of benzene rings is 2. The van der Waals surface area contributed by atoms with E-state index in [4.69, 9.17) is 0 Å². The highest BCUT2D eigenvalue weighted by Gasteiger charge is 2.34. The average molecular weight is 322 g/mol. The van der Waals surface area contributed by atoms with Crippen LogP contribution in [0.4, 0.5) is 0 Å². The van der Waals surface area contributed by atoms with Crippen LogP contribution in [0.3, 0.4) is 0 Å². The first-order valence-corrected chi connectivity index (χ1v) is 8.27. The maximum absolute atomic E-state index is 12.3. The molecule has 1 saturated heterocycles. The molecule has 1 aliphatic rings. The van der Waals surface area contributed by atoms with E-state index in [9.17, 15) is 9.59 Å². The second kappa shape index (κ2) is 7.30. The van der Waals surface area contributed by atoms with Crippen LogP contribution in [0.1, 0.15) is 23.1 Å². The molecule has 0 saturated carbocycles. The van der Waals surface area contributed by atoms with Gasteiger partial charge >= 0.3 is 0 Å². The van der Waals surface area contributed by atoms with Gasteiger partial charge < -0.3 is 10.2 Å². The Kier molecular flexibility index (Phi) is 4.94. The molecule has 2 aromatic rings. The average Bonchev–Trinajstić information content (AvgIpc) is 2.96. The van der Waals surface area contributed by atoms with Crippen molar-refractivity contribution in [1.82, 2.24) is 10.2 Å². The number of hydrogen-bond donors (Lipinski definition) is 1. The van der Waals surface area contributed by atoms with Crippen molar-refractivity contribution in [2.75, 3.05) is 6.54 Å². The lowest BCUT2D eigenvalue weighted by molar-refractivity contribution is -0.129. The summed E-state index contributed by atoms with van der Waals surface area (Å²) in [6.45, 7) is 3.61. The number of likely N-dealkylation sites (tertiary alicyclic amines) is 1. The Labute approximate surface area is 142 Å². The number of carbonyl (C=O) groups is 2. The zero-order valence-corrected chi connectivity index (χ0v) is 13.9. The van der Waals surface area contributed by atoms with Gasteiger partial charge in [-0.05, 0) is 18.1 Å². The molecule has 4 heteroatoms. The maximum atomic E-state index is 12.3. The second-order valence-electron chi connectivity index (χ2n) is 6.36. The summed E-state index contributed by atoms with van der Waals surface area (Å²) in [5.41, 5.74) is 3.36. The van der Waals surface area contributed by atoms with Crippen LogP contribution >= 0.6 is 0 Å². The van der Waals surface area contributed by atoms with Crippen molar-refractivity contribution in [3.63, 3.8) is 0 Å². The topological polar surface area (TPSA) is 49.4 Å². The second-order valence-corrected chi connectivity index (χ2v) is 6.36. The first kappa shape index (κ1) is 16.2. The summed E-state index contributed by atoms with van der Waals surface area (Å²) in [7, 11) is 0. The van der Waals surface area contributed by atoms with Crippen LogP contribution in [0.15, 0.2) is 54.6 Å². The lowest BCUT2D eigenvalue weighted by atomic mass is 10.1. The fraction of sp³-hybridized carbons (Fsp3) is 0.300. The van der Waals surface area contributed by atoms with Gasteiger partial charge in [-0.3, -0.25) is 9.59 Å². The minimum atomic E-state index is -0.258. The van der Waals surface area contributed by atoms with E-state index in [0.29, 0.717) is 26.1 Å². The molecule has 1 fully saturated rings. The normalized spacial score (nSPS) is 17.1. The van der Waals surface area contributed by atoms with Crippen molar-refractivity contribution in [3.8, 4) is 0 Å². The number of rotatable bonds is 5. The molecule has 1 unspecified atom stereocenters. The van der Waals surface area contributed by atoms with Gasteiger partial charge in [-0.1, -0.05) is 60.2 Å². The molecule has 0 aromatic heterocycles. The van der Waals surface area contributed by atoms with Crippen LogP contribution in [0, 0.1) is 12.8 Å². The van der Waals surface area contributed by atoms with Crippen molar-refractivity contribution >= 4 is 11.8 Å². The molecule has 0 aliphatic carbocycles. The van der Waals surface area contributed by atoms with Crippen molar-refractivity contribution in [2.45, 2.75) is 26.4 Å². The fourth-order valence-corrected chi connectivity index (χ4v) is 2.94. The summed E-state index contributed by atoms with van der Waals surface area (Å²) >= 11 is 0. The summed E-state index contributed by atoms with van der Waals surface area (Å²) in [5.74, 6) is -0.249. The van der Waals surface area contributed by atoms with Gasteiger partial charge in [0.05, 0.1) is 5.92 Å². The highest BCUT2D eigenvalue weighted by molar-refractivity contribution is 5.89. The number of aryl methyl sites for hydroxylation is 1. The Morgan fingerprint density at radius 2 is 1.79 bits per heavy atom. The highest BCUT2D eigenvalue weighted by Crippen LogP contribution is 2.20. The fourth-order valence-electron chi connectivity index (χ4n) is 2.94. The summed E-state index contributed by atoms with van der Waals surface area (Å²) in [4.78, 5) is 26.3. The zero-order valence-electron chi connectivity index (χ0n) is 13.9. The summed E-state index contributed by atoms with van der Waals surface area (Å²) in [5, 5.41) is 2.94. The van der Waals surface area contributed by atoms with E-state index in [1.165, 1.54) is 5.56 Å². The van der Waals surface area contributed by atoms with E-state index in [1.807, 2.05) is 61.5 Å². The van der Waals surface area contributed by atoms with Gasteiger partial charge in [0.2, 0.25) is 11.8 Å². The third-order valence-electron chi connectivity index (χ3n) is 4.39. The number of carbonyl (C=O) groups excluding carboxylic acids is 2. The van der Waals surface area contributed by atoms with Crippen LogP contribution in [0.2, 0.25) is 0 Å². The number of hydrogen-bond acceptors (Lipinski definition) is 2. The molecule has 2 aromatic carbocycles. The number of nitrogens with one attached hydrogen (secondary N) is 1. The van der Waals surface area contributed by atoms with Gasteiger partial charge in [0.15, 0.2) is 0 Å². The van der Waals surface area contributed by atoms with Gasteiger partial charge in [-0.15, -0.1) is 0 Å². The molecular formula is C20H22N2O2. The van der Waals surface area contributed by atoms with Crippen LogP contribution in [0.5, 0.6) is 0 Å². The number of nitrogens with zero attached hydrogens (tertiary/aromatic N) is 1. The van der Waals surface area contributed by atoms with Gasteiger partial charge in [0.1, 0.15) is 0 Å². The van der Waals surface area contributed by atoms with Gasteiger partial charge in [-0.2, -0.15) is 0 Å². The maximum Gasteiger partial charge on any atom is 0.225 e. The molecule has 0 radical (unpaired) electrons. The molecule has 2 amide bonds. The summed E-state index contributed by atoms with van der Waals surface area (Å²) in [6, 6.07) is 17.9. The lowest BCUT2D eigenvalue weighted by Crippen LogP contribution is -2.32. The largest absolute Gasteiger partial charge is 0.352 e. The Morgan fingerprint density at radius 3 is 2.50 bits per heavy atom. The zero-order chi connectivity index (χ0) is 16.9. The molecule has 1 atom stereocenters. The van der Waals surface area contributed by atoms with E-state index >= 15 is 0 Å². The van der Waals surface area contributed by atoms with Crippen molar-refractivity contribution in [2.24, 2.45) is 5.92 Å². The van der Waals surface area contributed by atoms with Crippen molar-refractivity contribution in [3.05, 3.63) is 71.3 Å². The van der Waals surface area contributed by atoms with E-state index in [1.54, 1.807) is 4.90 Å². The minimum Gasteiger partial charge on any atom is -0.352 e. The molecule has 0 bridgehead atoms. The smallest absolute Gasteiger partial charge is 0.225 e. The Balaban J connectivity index is 1.53. The summed E-state index contributed by atoms with van der Waals surface area (Å²) < 4.78 is 0. The Hall–Kier alpha value is -2.62. The first-order valence-electron chi connectivity index (χ1n) is 8.27. The quantitative estimate of drug-likeness (QED) is 0.920. The molecule has 4 nitrogen and oxygen atoms in total. The van der Waals surface area contributed by atoms with E-state index in [2.05, 4.69) is 5.32 Å². The Bertz CT molecular complexity index is 710. The summed E-state index contributed by atoms with van der Waals surface area (Å²) in [6.07, 6.45) is 0.298. The SMILES string of the molecule is Cc1ccc(CN2CC(C(=O)NCc3ccccc3)CC2=O)cc1. The van der Waals surface area contributed by atoms with Crippen molar-refractivity contribution in [1.29, 1.82) is 0 Å². The Morgan fingerprint density at radius 1 is 1.08 bits per heavy atom. The molecule has 1 aliphatic heterocycles. The predicted molar refractivity (Wildman–Crippen MR) is 93.0 cm³/mol.